The minimum Gasteiger partial charge on any atom is -0.348 e. The second kappa shape index (κ2) is 8.32. The van der Waals surface area contributed by atoms with Crippen LogP contribution in [-0.2, 0) is 14.8 Å². The number of piperidine rings is 1. The summed E-state index contributed by atoms with van der Waals surface area (Å²) in [5.74, 6) is -0.168. The van der Waals surface area contributed by atoms with Gasteiger partial charge in [0.1, 0.15) is 6.04 Å². The lowest BCUT2D eigenvalue weighted by atomic mass is 10.0. The highest BCUT2D eigenvalue weighted by molar-refractivity contribution is 7.89. The molecule has 0 spiro atoms. The van der Waals surface area contributed by atoms with Crippen molar-refractivity contribution in [2.45, 2.75) is 51.6 Å². The third kappa shape index (κ3) is 4.49. The molecule has 1 saturated heterocycles. The summed E-state index contributed by atoms with van der Waals surface area (Å²) in [4.78, 5) is 12.7. The van der Waals surface area contributed by atoms with Crippen LogP contribution in [0.25, 0.3) is 0 Å². The summed E-state index contributed by atoms with van der Waals surface area (Å²) in [5, 5.41) is 3.51. The number of carbonyl (C=O) groups is 1. The normalized spacial score (nSPS) is 20.5. The average molecular weight is 373 g/mol. The lowest BCUT2D eigenvalue weighted by molar-refractivity contribution is -0.126. The van der Waals surface area contributed by atoms with Crippen LogP contribution in [0.5, 0.6) is 0 Å². The first-order valence-electron chi connectivity index (χ1n) is 8.41. The van der Waals surface area contributed by atoms with Crippen molar-refractivity contribution in [1.29, 1.82) is 0 Å². The second-order valence-electron chi connectivity index (χ2n) is 6.19. The molecule has 1 aromatic carbocycles. The topological polar surface area (TPSA) is 66.5 Å². The number of amides is 1. The number of nitrogens with zero attached hydrogens (tertiary/aromatic N) is 1. The van der Waals surface area contributed by atoms with E-state index in [-0.39, 0.29) is 17.7 Å². The highest BCUT2D eigenvalue weighted by atomic mass is 35.5. The minimum atomic E-state index is -3.39. The largest absolute Gasteiger partial charge is 0.348 e. The molecule has 1 heterocycles. The molecule has 0 saturated carbocycles. The standard InChI is InChI=1S/C17H25ClN2O3S/c1-3-12-24(22,23)20-11-7-6-10-16(20)17(21)19-13(2)14-8-4-5-9-15(14)18/h4-5,8-9,13,16H,3,6-7,10-12H2,1-2H3,(H,19,21). The maximum atomic E-state index is 12.7. The van der Waals surface area contributed by atoms with Gasteiger partial charge in [0.15, 0.2) is 0 Å². The smallest absolute Gasteiger partial charge is 0.238 e. The molecule has 1 amide bonds. The fourth-order valence-electron chi connectivity index (χ4n) is 3.09. The summed E-state index contributed by atoms with van der Waals surface area (Å²) in [6.07, 6.45) is 2.76. The van der Waals surface area contributed by atoms with Crippen molar-refractivity contribution in [3.05, 3.63) is 34.9 Å². The third-order valence-corrected chi connectivity index (χ3v) is 6.73. The molecule has 1 fully saturated rings. The summed E-state index contributed by atoms with van der Waals surface area (Å²) in [6, 6.07) is 6.44. The van der Waals surface area contributed by atoms with Crippen LogP contribution in [0.2, 0.25) is 5.02 Å². The Hall–Kier alpha value is -1.11. The van der Waals surface area contributed by atoms with Gasteiger partial charge in [-0.05, 0) is 37.8 Å². The van der Waals surface area contributed by atoms with E-state index in [0.29, 0.717) is 24.4 Å². The average Bonchev–Trinajstić information content (AvgIpc) is 2.55. The molecule has 2 atom stereocenters. The molecule has 0 aliphatic carbocycles. The quantitative estimate of drug-likeness (QED) is 0.834. The van der Waals surface area contributed by atoms with Gasteiger partial charge in [0.2, 0.25) is 15.9 Å². The van der Waals surface area contributed by atoms with Crippen LogP contribution in [-0.4, -0.2) is 37.0 Å². The van der Waals surface area contributed by atoms with Crippen LogP contribution >= 0.6 is 11.6 Å². The molecule has 2 unspecified atom stereocenters. The highest BCUT2D eigenvalue weighted by Crippen LogP contribution is 2.25. The lowest BCUT2D eigenvalue weighted by Gasteiger charge is -2.34. The summed E-state index contributed by atoms with van der Waals surface area (Å²) in [7, 11) is -3.39. The Kier molecular flexibility index (Phi) is 6.66. The summed E-state index contributed by atoms with van der Waals surface area (Å²) < 4.78 is 26.3. The predicted octanol–water partition coefficient (Wildman–Crippen LogP) is 3.11. The Morgan fingerprint density at radius 2 is 2.08 bits per heavy atom. The van der Waals surface area contributed by atoms with Crippen LogP contribution in [0.4, 0.5) is 0 Å². The number of nitrogens with one attached hydrogen (secondary N) is 1. The van der Waals surface area contributed by atoms with Crippen molar-refractivity contribution in [3.63, 3.8) is 0 Å². The van der Waals surface area contributed by atoms with Gasteiger partial charge in [-0.15, -0.1) is 0 Å². The fraction of sp³-hybridized carbons (Fsp3) is 0.588. The molecule has 0 aromatic heterocycles. The van der Waals surface area contributed by atoms with Gasteiger partial charge >= 0.3 is 0 Å². The number of halogens is 1. The van der Waals surface area contributed by atoms with Gasteiger partial charge in [0, 0.05) is 11.6 Å². The van der Waals surface area contributed by atoms with Crippen molar-refractivity contribution < 1.29 is 13.2 Å². The predicted molar refractivity (Wildman–Crippen MR) is 96.4 cm³/mol. The number of sulfonamides is 1. The number of benzene rings is 1. The van der Waals surface area contributed by atoms with Gasteiger partial charge in [0.05, 0.1) is 11.8 Å². The molecule has 134 valence electrons. The molecule has 2 rings (SSSR count). The van der Waals surface area contributed by atoms with E-state index in [1.807, 2.05) is 32.0 Å². The molecule has 1 aliphatic rings. The van der Waals surface area contributed by atoms with Gasteiger partial charge in [-0.3, -0.25) is 4.79 Å². The number of carbonyl (C=O) groups excluding carboxylic acids is 1. The van der Waals surface area contributed by atoms with E-state index in [0.717, 1.165) is 18.4 Å². The molecule has 0 bridgehead atoms. The van der Waals surface area contributed by atoms with Crippen LogP contribution in [0.15, 0.2) is 24.3 Å². The van der Waals surface area contributed by atoms with E-state index >= 15 is 0 Å². The highest BCUT2D eigenvalue weighted by Gasteiger charge is 2.36. The summed E-state index contributed by atoms with van der Waals surface area (Å²) >= 11 is 6.17. The minimum absolute atomic E-state index is 0.0802. The Balaban J connectivity index is 2.13. The maximum Gasteiger partial charge on any atom is 0.238 e. The second-order valence-corrected chi connectivity index (χ2v) is 8.64. The van der Waals surface area contributed by atoms with E-state index in [4.69, 9.17) is 11.6 Å². The van der Waals surface area contributed by atoms with Crippen molar-refractivity contribution in [1.82, 2.24) is 9.62 Å². The monoisotopic (exact) mass is 372 g/mol. The van der Waals surface area contributed by atoms with E-state index < -0.39 is 16.1 Å². The van der Waals surface area contributed by atoms with E-state index in [1.54, 1.807) is 6.07 Å². The summed E-state index contributed by atoms with van der Waals surface area (Å²) in [5.41, 5.74) is 0.825. The number of hydrogen-bond acceptors (Lipinski definition) is 3. The first kappa shape index (κ1) is 19.2. The maximum absolute atomic E-state index is 12.7. The zero-order chi connectivity index (χ0) is 17.7. The molecule has 1 aliphatic heterocycles. The Morgan fingerprint density at radius 3 is 2.75 bits per heavy atom. The van der Waals surface area contributed by atoms with E-state index in [9.17, 15) is 13.2 Å². The Bertz CT molecular complexity index is 678. The first-order valence-corrected chi connectivity index (χ1v) is 10.4. The molecule has 0 radical (unpaired) electrons. The Morgan fingerprint density at radius 1 is 1.38 bits per heavy atom. The van der Waals surface area contributed by atoms with Crippen LogP contribution in [0, 0.1) is 0 Å². The molecular formula is C17H25ClN2O3S. The SMILES string of the molecule is CCCS(=O)(=O)N1CCCCC1C(=O)NC(C)c1ccccc1Cl. The van der Waals surface area contributed by atoms with Crippen molar-refractivity contribution in [2.75, 3.05) is 12.3 Å². The van der Waals surface area contributed by atoms with Gasteiger partial charge in [-0.2, -0.15) is 4.31 Å². The zero-order valence-electron chi connectivity index (χ0n) is 14.2. The van der Waals surface area contributed by atoms with E-state index in [1.165, 1.54) is 4.31 Å². The first-order chi connectivity index (χ1) is 11.4. The van der Waals surface area contributed by atoms with Crippen molar-refractivity contribution in [3.8, 4) is 0 Å². The molecule has 1 aromatic rings. The Labute approximate surface area is 149 Å². The zero-order valence-corrected chi connectivity index (χ0v) is 15.7. The molecule has 24 heavy (non-hydrogen) atoms. The van der Waals surface area contributed by atoms with Crippen LogP contribution in [0.1, 0.15) is 51.1 Å². The fourth-order valence-corrected chi connectivity index (χ4v) is 5.13. The molecule has 1 N–H and O–H groups in total. The van der Waals surface area contributed by atoms with Gasteiger partial charge < -0.3 is 5.32 Å². The molecular weight excluding hydrogens is 348 g/mol. The van der Waals surface area contributed by atoms with Crippen molar-refractivity contribution in [2.24, 2.45) is 0 Å². The molecule has 7 heteroatoms. The van der Waals surface area contributed by atoms with Crippen LogP contribution < -0.4 is 5.32 Å². The molecule has 5 nitrogen and oxygen atoms in total. The summed E-state index contributed by atoms with van der Waals surface area (Å²) in [6.45, 7) is 4.10. The van der Waals surface area contributed by atoms with Gasteiger partial charge in [0.25, 0.3) is 0 Å². The van der Waals surface area contributed by atoms with Crippen molar-refractivity contribution >= 4 is 27.5 Å². The van der Waals surface area contributed by atoms with E-state index in [2.05, 4.69) is 5.32 Å². The van der Waals surface area contributed by atoms with Gasteiger partial charge in [-0.25, -0.2) is 8.42 Å². The number of rotatable bonds is 6. The van der Waals surface area contributed by atoms with Crippen LogP contribution in [0.3, 0.4) is 0 Å². The third-order valence-electron chi connectivity index (χ3n) is 4.31. The number of hydrogen-bond donors (Lipinski definition) is 1. The lowest BCUT2D eigenvalue weighted by Crippen LogP contribution is -2.52. The van der Waals surface area contributed by atoms with Gasteiger partial charge in [-0.1, -0.05) is 43.1 Å².